The van der Waals surface area contributed by atoms with Gasteiger partial charge in [0.25, 0.3) is 0 Å². The standard InChI is InChI=1S/C10H21N/c1-5-9-6-7-11(4)10(2,3)8-9/h9H,5-8H2,1-4H3. The molecule has 0 radical (unpaired) electrons. The average Bonchev–Trinajstić information content (AvgIpc) is 1.95. The lowest BCUT2D eigenvalue weighted by atomic mass is 9.82. The van der Waals surface area contributed by atoms with Crippen LogP contribution in [0.25, 0.3) is 0 Å². The van der Waals surface area contributed by atoms with E-state index >= 15 is 0 Å². The quantitative estimate of drug-likeness (QED) is 0.562. The first-order valence-electron chi connectivity index (χ1n) is 4.77. The van der Waals surface area contributed by atoms with Gasteiger partial charge in [-0.05, 0) is 46.2 Å². The van der Waals surface area contributed by atoms with Crippen molar-refractivity contribution in [1.82, 2.24) is 4.90 Å². The summed E-state index contributed by atoms with van der Waals surface area (Å²) in [7, 11) is 2.24. The van der Waals surface area contributed by atoms with Crippen molar-refractivity contribution in [3.05, 3.63) is 0 Å². The number of piperidine rings is 1. The third-order valence-corrected chi connectivity index (χ3v) is 3.27. The molecule has 0 bridgehead atoms. The van der Waals surface area contributed by atoms with E-state index in [-0.39, 0.29) is 0 Å². The van der Waals surface area contributed by atoms with E-state index in [2.05, 4.69) is 32.7 Å². The van der Waals surface area contributed by atoms with Gasteiger partial charge < -0.3 is 4.90 Å². The summed E-state index contributed by atoms with van der Waals surface area (Å²) in [5.41, 5.74) is 0.443. The molecule has 1 unspecified atom stereocenters. The van der Waals surface area contributed by atoms with Crippen LogP contribution in [-0.4, -0.2) is 24.0 Å². The first-order valence-corrected chi connectivity index (χ1v) is 4.77. The number of nitrogens with zero attached hydrogens (tertiary/aromatic N) is 1. The third kappa shape index (κ3) is 1.96. The average molecular weight is 155 g/mol. The largest absolute Gasteiger partial charge is 0.301 e. The Hall–Kier alpha value is -0.0400. The normalized spacial score (nSPS) is 32.2. The summed E-state index contributed by atoms with van der Waals surface area (Å²) in [4.78, 5) is 2.49. The molecule has 0 aliphatic carbocycles. The van der Waals surface area contributed by atoms with E-state index in [1.807, 2.05) is 0 Å². The molecule has 1 saturated heterocycles. The van der Waals surface area contributed by atoms with Gasteiger partial charge in [0.2, 0.25) is 0 Å². The fourth-order valence-electron chi connectivity index (χ4n) is 1.99. The summed E-state index contributed by atoms with van der Waals surface area (Å²) in [6, 6.07) is 0. The van der Waals surface area contributed by atoms with Crippen molar-refractivity contribution in [3.63, 3.8) is 0 Å². The number of likely N-dealkylation sites (tertiary alicyclic amines) is 1. The fourth-order valence-corrected chi connectivity index (χ4v) is 1.99. The van der Waals surface area contributed by atoms with Crippen molar-refractivity contribution >= 4 is 0 Å². The second-order valence-electron chi connectivity index (χ2n) is 4.50. The minimum atomic E-state index is 0.443. The molecule has 1 atom stereocenters. The Morgan fingerprint density at radius 3 is 2.55 bits per heavy atom. The van der Waals surface area contributed by atoms with Gasteiger partial charge in [-0.25, -0.2) is 0 Å². The highest BCUT2D eigenvalue weighted by atomic mass is 15.2. The van der Waals surface area contributed by atoms with Gasteiger partial charge in [-0.15, -0.1) is 0 Å². The predicted molar refractivity (Wildman–Crippen MR) is 49.7 cm³/mol. The number of rotatable bonds is 1. The molecule has 1 rings (SSSR count). The topological polar surface area (TPSA) is 3.24 Å². The van der Waals surface area contributed by atoms with E-state index in [0.717, 1.165) is 5.92 Å². The van der Waals surface area contributed by atoms with E-state index in [1.54, 1.807) is 0 Å². The van der Waals surface area contributed by atoms with Crippen LogP contribution in [0.15, 0.2) is 0 Å². The van der Waals surface area contributed by atoms with Crippen molar-refractivity contribution in [2.75, 3.05) is 13.6 Å². The number of hydrogen-bond acceptors (Lipinski definition) is 1. The van der Waals surface area contributed by atoms with Crippen LogP contribution in [-0.2, 0) is 0 Å². The van der Waals surface area contributed by atoms with Gasteiger partial charge in [-0.3, -0.25) is 0 Å². The van der Waals surface area contributed by atoms with Gasteiger partial charge in [0.1, 0.15) is 0 Å². The minimum Gasteiger partial charge on any atom is -0.301 e. The van der Waals surface area contributed by atoms with Crippen LogP contribution < -0.4 is 0 Å². The zero-order valence-electron chi connectivity index (χ0n) is 8.35. The molecule has 0 amide bonds. The van der Waals surface area contributed by atoms with Crippen LogP contribution in [0, 0.1) is 5.92 Å². The molecule has 0 saturated carbocycles. The summed E-state index contributed by atoms with van der Waals surface area (Å²) in [5.74, 6) is 0.973. The summed E-state index contributed by atoms with van der Waals surface area (Å²) in [5, 5.41) is 0. The SMILES string of the molecule is CCC1CCN(C)C(C)(C)C1. The molecule has 1 nitrogen and oxygen atoms in total. The minimum absolute atomic E-state index is 0.443. The molecule has 0 N–H and O–H groups in total. The maximum atomic E-state index is 2.49. The first-order chi connectivity index (χ1) is 5.06. The Morgan fingerprint density at radius 1 is 1.45 bits per heavy atom. The lowest BCUT2D eigenvalue weighted by molar-refractivity contribution is 0.0710. The van der Waals surface area contributed by atoms with Crippen LogP contribution in [0.4, 0.5) is 0 Å². The monoisotopic (exact) mass is 155 g/mol. The molecular weight excluding hydrogens is 134 g/mol. The van der Waals surface area contributed by atoms with Crippen molar-refractivity contribution < 1.29 is 0 Å². The molecule has 0 spiro atoms. The zero-order chi connectivity index (χ0) is 8.48. The van der Waals surface area contributed by atoms with E-state index in [0.29, 0.717) is 5.54 Å². The fraction of sp³-hybridized carbons (Fsp3) is 1.00. The molecule has 1 fully saturated rings. The van der Waals surface area contributed by atoms with E-state index in [1.165, 1.54) is 25.8 Å². The molecule has 0 aromatic rings. The highest BCUT2D eigenvalue weighted by Crippen LogP contribution is 2.31. The molecule has 11 heavy (non-hydrogen) atoms. The van der Waals surface area contributed by atoms with Crippen molar-refractivity contribution in [3.8, 4) is 0 Å². The van der Waals surface area contributed by atoms with Gasteiger partial charge >= 0.3 is 0 Å². The summed E-state index contributed by atoms with van der Waals surface area (Å²) in [6.45, 7) is 8.31. The first kappa shape index (κ1) is 9.05. The summed E-state index contributed by atoms with van der Waals surface area (Å²) >= 11 is 0. The summed E-state index contributed by atoms with van der Waals surface area (Å²) < 4.78 is 0. The number of hydrogen-bond donors (Lipinski definition) is 0. The van der Waals surface area contributed by atoms with Gasteiger partial charge in [0, 0.05) is 5.54 Å². The van der Waals surface area contributed by atoms with Gasteiger partial charge in [-0.1, -0.05) is 13.3 Å². The van der Waals surface area contributed by atoms with Crippen molar-refractivity contribution in [2.24, 2.45) is 5.92 Å². The maximum Gasteiger partial charge on any atom is 0.0152 e. The highest BCUT2D eigenvalue weighted by Gasteiger charge is 2.30. The lowest BCUT2D eigenvalue weighted by Gasteiger charge is -2.43. The van der Waals surface area contributed by atoms with E-state index in [4.69, 9.17) is 0 Å². The van der Waals surface area contributed by atoms with Crippen LogP contribution in [0.2, 0.25) is 0 Å². The molecule has 1 heteroatoms. The molecule has 1 heterocycles. The predicted octanol–water partition coefficient (Wildman–Crippen LogP) is 2.52. The van der Waals surface area contributed by atoms with E-state index < -0.39 is 0 Å². The van der Waals surface area contributed by atoms with Crippen LogP contribution in [0.3, 0.4) is 0 Å². The summed E-state index contributed by atoms with van der Waals surface area (Å²) in [6.07, 6.45) is 4.13. The van der Waals surface area contributed by atoms with Gasteiger partial charge in [-0.2, -0.15) is 0 Å². The smallest absolute Gasteiger partial charge is 0.0152 e. The second kappa shape index (κ2) is 3.14. The van der Waals surface area contributed by atoms with Gasteiger partial charge in [0.05, 0.1) is 0 Å². The Labute approximate surface area is 70.8 Å². The van der Waals surface area contributed by atoms with Crippen LogP contribution in [0.5, 0.6) is 0 Å². The molecule has 1 aliphatic rings. The molecule has 66 valence electrons. The second-order valence-corrected chi connectivity index (χ2v) is 4.50. The van der Waals surface area contributed by atoms with E-state index in [9.17, 15) is 0 Å². The van der Waals surface area contributed by atoms with Crippen molar-refractivity contribution in [2.45, 2.75) is 45.6 Å². The van der Waals surface area contributed by atoms with Crippen LogP contribution >= 0.6 is 0 Å². The third-order valence-electron chi connectivity index (χ3n) is 3.27. The molecule has 0 aromatic heterocycles. The lowest BCUT2D eigenvalue weighted by Crippen LogP contribution is -2.47. The Kier molecular flexibility index (Phi) is 2.58. The molecule has 1 aliphatic heterocycles. The highest BCUT2D eigenvalue weighted by molar-refractivity contribution is 4.86. The Bertz CT molecular complexity index is 129. The maximum absolute atomic E-state index is 2.49. The molecule has 0 aromatic carbocycles. The van der Waals surface area contributed by atoms with Gasteiger partial charge in [0.15, 0.2) is 0 Å². The molecular formula is C10H21N. The zero-order valence-corrected chi connectivity index (χ0v) is 8.35. The Balaban J connectivity index is 2.52. The Morgan fingerprint density at radius 2 is 2.09 bits per heavy atom. The van der Waals surface area contributed by atoms with Crippen molar-refractivity contribution in [1.29, 1.82) is 0 Å². The van der Waals surface area contributed by atoms with Crippen LogP contribution in [0.1, 0.15) is 40.0 Å².